The van der Waals surface area contributed by atoms with Crippen LogP contribution >= 0.6 is 11.6 Å². The highest BCUT2D eigenvalue weighted by Crippen LogP contribution is 2.30. The van der Waals surface area contributed by atoms with Gasteiger partial charge in [0.2, 0.25) is 0 Å². The van der Waals surface area contributed by atoms with Crippen molar-refractivity contribution < 1.29 is 13.9 Å². The van der Waals surface area contributed by atoms with Gasteiger partial charge in [-0.2, -0.15) is 0 Å². The van der Waals surface area contributed by atoms with Crippen molar-refractivity contribution >= 4 is 34.1 Å². The first-order valence-corrected chi connectivity index (χ1v) is 10.0. The Hall–Kier alpha value is -2.42. The summed E-state index contributed by atoms with van der Waals surface area (Å²) in [6, 6.07) is 7.07. The normalized spacial score (nSPS) is 19.7. The summed E-state index contributed by atoms with van der Waals surface area (Å²) in [7, 11) is 0. The summed E-state index contributed by atoms with van der Waals surface area (Å²) in [6.07, 6.45) is -0.428. The molecule has 0 amide bonds. The number of β-amino-alcohol motifs (C(OH)–C–C–N with tert-alkyl or cyclic N) is 1. The number of nitrogens with one attached hydrogen (secondary N) is 1. The lowest BCUT2D eigenvalue weighted by molar-refractivity contribution is 0.0679. The number of hydrogen-bond acceptors (Lipinski definition) is 6. The fourth-order valence-electron chi connectivity index (χ4n) is 3.65. The van der Waals surface area contributed by atoms with E-state index in [0.717, 1.165) is 17.7 Å². The average molecular weight is 434 g/mol. The van der Waals surface area contributed by atoms with Gasteiger partial charge in [0.25, 0.3) is 6.43 Å². The largest absolute Gasteiger partial charge is 0.389 e. The molecule has 0 spiro atoms. The van der Waals surface area contributed by atoms with Crippen LogP contribution in [0, 0.1) is 6.92 Å². The lowest BCUT2D eigenvalue weighted by atomic mass is 10.1. The first-order valence-electron chi connectivity index (χ1n) is 9.63. The van der Waals surface area contributed by atoms with Crippen molar-refractivity contribution in [2.24, 2.45) is 0 Å². The Morgan fingerprint density at radius 1 is 1.33 bits per heavy atom. The fraction of sp³-hybridized carbons (Fsp3) is 0.381. The van der Waals surface area contributed by atoms with E-state index in [1.54, 1.807) is 30.5 Å². The molecule has 0 saturated carbocycles. The molecule has 1 aliphatic rings. The van der Waals surface area contributed by atoms with Crippen LogP contribution in [0.15, 0.2) is 30.5 Å². The van der Waals surface area contributed by atoms with Gasteiger partial charge in [-0.15, -0.1) is 0 Å². The van der Waals surface area contributed by atoms with Gasteiger partial charge in [-0.25, -0.2) is 18.7 Å². The number of halogens is 3. The molecule has 3 aromatic rings. The first-order chi connectivity index (χ1) is 14.2. The van der Waals surface area contributed by atoms with Gasteiger partial charge in [0, 0.05) is 36.5 Å². The molecule has 4 rings (SSSR count). The van der Waals surface area contributed by atoms with Gasteiger partial charge in [-0.1, -0.05) is 17.7 Å². The molecule has 3 heterocycles. The molecule has 6 nitrogen and oxygen atoms in total. The maximum absolute atomic E-state index is 13.4. The smallest absolute Gasteiger partial charge is 0.297 e. The Bertz CT molecular complexity index is 1090. The standard InChI is InChI=1S/C21H22ClF2N5O/c1-12-14(22)4-3-5-15(12)26-19-17-16(27-20(28-19)18(23)24)8-13(9-25-17)10-29-7-6-21(2,30)11-29/h3-5,8-9,18,30H,6-7,10-11H2,1-2H3,(H,26,27,28). The van der Waals surface area contributed by atoms with Gasteiger partial charge in [-0.05, 0) is 49.6 Å². The van der Waals surface area contributed by atoms with Gasteiger partial charge in [-0.3, -0.25) is 9.88 Å². The monoisotopic (exact) mass is 433 g/mol. The summed E-state index contributed by atoms with van der Waals surface area (Å²) in [5, 5.41) is 13.8. The molecule has 9 heteroatoms. The minimum atomic E-state index is -2.81. The van der Waals surface area contributed by atoms with Crippen LogP contribution in [0.25, 0.3) is 11.0 Å². The van der Waals surface area contributed by atoms with Gasteiger partial charge in [0.05, 0.1) is 11.1 Å². The van der Waals surface area contributed by atoms with E-state index in [4.69, 9.17) is 11.6 Å². The van der Waals surface area contributed by atoms with Crippen LogP contribution in [0.3, 0.4) is 0 Å². The third kappa shape index (κ3) is 4.35. The van der Waals surface area contributed by atoms with Gasteiger partial charge < -0.3 is 10.4 Å². The Morgan fingerprint density at radius 3 is 2.83 bits per heavy atom. The number of benzene rings is 1. The second kappa shape index (κ2) is 8.02. The zero-order chi connectivity index (χ0) is 21.5. The molecule has 2 N–H and O–H groups in total. The molecule has 0 radical (unpaired) electrons. The molecule has 1 fully saturated rings. The average Bonchev–Trinajstić information content (AvgIpc) is 3.03. The SMILES string of the molecule is Cc1c(Cl)cccc1Nc1nc(C(F)F)nc2cc(CN3CCC(C)(O)C3)cnc12. The Morgan fingerprint density at radius 2 is 2.13 bits per heavy atom. The van der Waals surface area contributed by atoms with Crippen LogP contribution in [-0.4, -0.2) is 43.6 Å². The van der Waals surface area contributed by atoms with E-state index in [1.807, 2.05) is 13.8 Å². The quantitative estimate of drug-likeness (QED) is 0.611. The summed E-state index contributed by atoms with van der Waals surface area (Å²) in [5.41, 5.74) is 2.31. The molecule has 1 saturated heterocycles. The second-order valence-corrected chi connectivity index (χ2v) is 8.34. The highest BCUT2D eigenvalue weighted by atomic mass is 35.5. The first kappa shape index (κ1) is 20.8. The van der Waals surface area contributed by atoms with Crippen molar-refractivity contribution in [1.29, 1.82) is 0 Å². The molecular weight excluding hydrogens is 412 g/mol. The lowest BCUT2D eigenvalue weighted by Crippen LogP contribution is -2.29. The van der Waals surface area contributed by atoms with Crippen LogP contribution in [0.5, 0.6) is 0 Å². The molecule has 0 bridgehead atoms. The van der Waals surface area contributed by atoms with Crippen molar-refractivity contribution in [3.8, 4) is 0 Å². The molecule has 1 atom stereocenters. The summed E-state index contributed by atoms with van der Waals surface area (Å²) < 4.78 is 26.9. The number of anilines is 2. The van der Waals surface area contributed by atoms with Crippen LogP contribution in [0.4, 0.5) is 20.3 Å². The lowest BCUT2D eigenvalue weighted by Gasteiger charge is -2.19. The van der Waals surface area contributed by atoms with Crippen LogP contribution in [-0.2, 0) is 6.54 Å². The van der Waals surface area contributed by atoms with E-state index >= 15 is 0 Å². The molecule has 1 aliphatic heterocycles. The van der Waals surface area contributed by atoms with Gasteiger partial charge >= 0.3 is 0 Å². The number of rotatable bonds is 5. The summed E-state index contributed by atoms with van der Waals surface area (Å²) >= 11 is 6.17. The summed E-state index contributed by atoms with van der Waals surface area (Å²) in [6.45, 7) is 5.52. The fourth-order valence-corrected chi connectivity index (χ4v) is 3.83. The van der Waals surface area contributed by atoms with Gasteiger partial charge in [0.15, 0.2) is 11.6 Å². The maximum Gasteiger partial charge on any atom is 0.297 e. The van der Waals surface area contributed by atoms with Crippen molar-refractivity contribution in [2.45, 2.75) is 38.8 Å². The number of aliphatic hydroxyl groups is 1. The number of hydrogen-bond donors (Lipinski definition) is 2. The van der Waals surface area contributed by atoms with Crippen LogP contribution < -0.4 is 5.32 Å². The third-order valence-electron chi connectivity index (χ3n) is 5.26. The van der Waals surface area contributed by atoms with E-state index in [2.05, 4.69) is 25.2 Å². The highest BCUT2D eigenvalue weighted by Gasteiger charge is 2.31. The predicted molar refractivity (Wildman–Crippen MR) is 112 cm³/mol. The number of alkyl halides is 2. The Labute approximate surface area is 177 Å². The van der Waals surface area contributed by atoms with Crippen molar-refractivity contribution in [3.63, 3.8) is 0 Å². The summed E-state index contributed by atoms with van der Waals surface area (Å²) in [4.78, 5) is 14.6. The molecule has 30 heavy (non-hydrogen) atoms. The maximum atomic E-state index is 13.4. The van der Waals surface area contributed by atoms with E-state index in [0.29, 0.717) is 41.3 Å². The molecule has 2 aromatic heterocycles. The van der Waals surface area contributed by atoms with Crippen molar-refractivity contribution in [2.75, 3.05) is 18.4 Å². The van der Waals surface area contributed by atoms with Crippen LogP contribution in [0.1, 0.15) is 36.7 Å². The second-order valence-electron chi connectivity index (χ2n) is 7.94. The highest BCUT2D eigenvalue weighted by molar-refractivity contribution is 6.31. The van der Waals surface area contributed by atoms with E-state index in [9.17, 15) is 13.9 Å². The molecular formula is C21H22ClF2N5O. The minimum Gasteiger partial charge on any atom is -0.389 e. The van der Waals surface area contributed by atoms with Crippen LogP contribution in [0.2, 0.25) is 5.02 Å². The van der Waals surface area contributed by atoms with E-state index in [1.165, 1.54) is 0 Å². The number of nitrogens with zero attached hydrogens (tertiary/aromatic N) is 4. The predicted octanol–water partition coefficient (Wildman–Crippen LogP) is 4.62. The van der Waals surface area contributed by atoms with E-state index < -0.39 is 17.9 Å². The minimum absolute atomic E-state index is 0.205. The zero-order valence-electron chi connectivity index (χ0n) is 16.7. The van der Waals surface area contributed by atoms with Crippen molar-refractivity contribution in [1.82, 2.24) is 19.9 Å². The summed E-state index contributed by atoms with van der Waals surface area (Å²) in [5.74, 6) is -0.357. The number of likely N-dealkylation sites (tertiary alicyclic amines) is 1. The number of fused-ring (bicyclic) bond motifs is 1. The molecule has 1 unspecified atom stereocenters. The van der Waals surface area contributed by atoms with Crippen molar-refractivity contribution in [3.05, 3.63) is 52.4 Å². The Balaban J connectivity index is 1.70. The topological polar surface area (TPSA) is 74.2 Å². The Kier molecular flexibility index (Phi) is 5.57. The van der Waals surface area contributed by atoms with E-state index in [-0.39, 0.29) is 5.82 Å². The van der Waals surface area contributed by atoms with Gasteiger partial charge in [0.1, 0.15) is 5.52 Å². The number of aromatic nitrogens is 3. The molecule has 0 aliphatic carbocycles. The molecule has 1 aromatic carbocycles. The zero-order valence-corrected chi connectivity index (χ0v) is 17.4. The molecule has 158 valence electrons. The third-order valence-corrected chi connectivity index (χ3v) is 5.67. The number of pyridine rings is 1.